The van der Waals surface area contributed by atoms with Gasteiger partial charge in [0.1, 0.15) is 18.1 Å². The Bertz CT molecular complexity index is 1240. The number of carboxylic acids is 1. The lowest BCUT2D eigenvalue weighted by molar-refractivity contribution is -0.308. The molecule has 10 N–H and O–H groups in total. The third-order valence-electron chi connectivity index (χ3n) is 9.73. The number of rotatable bonds is 4. The van der Waals surface area contributed by atoms with E-state index in [1.807, 2.05) is 32.1 Å². The maximum Gasteiger partial charge on any atom is 0.311 e. The largest absolute Gasteiger partial charge is 0.481 e. The Balaban J connectivity index is 1.88. The first kappa shape index (κ1) is 43.9. The number of aliphatic carboxylic acids is 1. The Morgan fingerprint density at radius 2 is 1.60 bits per heavy atom. The topological polar surface area (TPSA) is 259 Å². The van der Waals surface area contributed by atoms with Crippen LogP contribution in [0.5, 0.6) is 0 Å². The quantitative estimate of drug-likeness (QED) is 0.180. The van der Waals surface area contributed by atoms with E-state index in [0.29, 0.717) is 6.42 Å². The van der Waals surface area contributed by atoms with Crippen molar-refractivity contribution in [1.82, 2.24) is 0 Å². The molecule has 0 radical (unpaired) electrons. The highest BCUT2D eigenvalue weighted by atomic mass is 16.7. The van der Waals surface area contributed by atoms with Crippen LogP contribution >= 0.6 is 0 Å². The second kappa shape index (κ2) is 20.8. The third kappa shape index (κ3) is 13.4. The van der Waals surface area contributed by atoms with Crippen molar-refractivity contribution in [2.45, 2.75) is 158 Å². The van der Waals surface area contributed by atoms with Gasteiger partial charge in [-0.1, -0.05) is 62.5 Å². The molecule has 0 amide bonds. The fraction of sp³-hybridized carbons (Fsp3) is 0.730. The van der Waals surface area contributed by atoms with Crippen LogP contribution in [0.2, 0.25) is 0 Å². The number of aliphatic hydroxyl groups excluding tert-OH is 6. The molecule has 2 saturated heterocycles. The smallest absolute Gasteiger partial charge is 0.311 e. The van der Waals surface area contributed by atoms with Crippen molar-refractivity contribution in [3.8, 4) is 0 Å². The van der Waals surface area contributed by atoms with E-state index in [2.05, 4.69) is 0 Å². The van der Waals surface area contributed by atoms with Crippen LogP contribution in [0.1, 0.15) is 78.6 Å². The molecule has 296 valence electrons. The van der Waals surface area contributed by atoms with E-state index >= 15 is 0 Å². The summed E-state index contributed by atoms with van der Waals surface area (Å²) < 4.78 is 23.2. The number of hydrogen-bond acceptors (Lipinski definition) is 14. The van der Waals surface area contributed by atoms with Crippen LogP contribution in [0.15, 0.2) is 48.6 Å². The molecule has 0 aromatic heterocycles. The van der Waals surface area contributed by atoms with Crippen LogP contribution in [0, 0.1) is 11.8 Å². The van der Waals surface area contributed by atoms with E-state index in [9.17, 15) is 50.4 Å². The Hall–Kier alpha value is -2.54. The first-order chi connectivity index (χ1) is 24.5. The number of nitrogens with two attached hydrogens (primary N) is 1. The fourth-order valence-electron chi connectivity index (χ4n) is 6.67. The maximum atomic E-state index is 12.6. The monoisotopic (exact) mass is 741 g/mol. The van der Waals surface area contributed by atoms with Crippen molar-refractivity contribution >= 4 is 11.9 Å². The third-order valence-corrected chi connectivity index (χ3v) is 9.73. The summed E-state index contributed by atoms with van der Waals surface area (Å²) in [6.45, 7) is 5.45. The van der Waals surface area contributed by atoms with Gasteiger partial charge in [0.05, 0.1) is 54.9 Å². The Morgan fingerprint density at radius 1 is 0.923 bits per heavy atom. The number of cyclic esters (lactones) is 1. The standard InChI is InChI=1S/C37H59NO14/c1-21(2)28-14-12-10-8-6-4-5-7-9-11-13-24(50-36-34(45)32(38)33(44)22(3)49-36)18-29-31(35(46)47)27(42)20-37(48,52-29)19-23(39)17-26(41)25(40)15-16-30(43)51-28/h4-9,11,13,21-29,31-34,36,39-42,44-45,48H,10,12,14-20,38H2,1-3H3,(H,46,47)/b5-4+,8-6+,9-7+,13-11-/t22-,23?,24?,25?,26?,27?,28?,29?,31?,32+,33-,34+,36+,37?/m1/s1. The molecule has 2 bridgehead atoms. The molecule has 0 aliphatic carbocycles. The minimum Gasteiger partial charge on any atom is -0.481 e. The summed E-state index contributed by atoms with van der Waals surface area (Å²) in [7, 11) is 0. The zero-order chi connectivity index (χ0) is 38.6. The number of allylic oxidation sites excluding steroid dienone is 7. The van der Waals surface area contributed by atoms with E-state index in [4.69, 9.17) is 24.7 Å². The number of carbonyl (C=O) groups is 2. The van der Waals surface area contributed by atoms with Gasteiger partial charge in [-0.3, -0.25) is 9.59 Å². The molecule has 3 aliphatic rings. The number of aliphatic hydroxyl groups is 7. The van der Waals surface area contributed by atoms with E-state index in [-0.39, 0.29) is 31.3 Å². The number of ether oxygens (including phenoxy) is 4. The zero-order valence-corrected chi connectivity index (χ0v) is 30.2. The van der Waals surface area contributed by atoms with Crippen molar-refractivity contribution < 1.29 is 69.4 Å². The van der Waals surface area contributed by atoms with Crippen molar-refractivity contribution in [2.75, 3.05) is 0 Å². The van der Waals surface area contributed by atoms with Gasteiger partial charge in [-0.2, -0.15) is 0 Å². The van der Waals surface area contributed by atoms with Crippen molar-refractivity contribution in [1.29, 1.82) is 0 Å². The molecule has 15 nitrogen and oxygen atoms in total. The first-order valence-electron chi connectivity index (χ1n) is 18.1. The molecule has 9 unspecified atom stereocenters. The van der Waals surface area contributed by atoms with Gasteiger partial charge in [-0.05, 0) is 38.5 Å². The normalized spacial score (nSPS) is 43.5. The second-order valence-corrected chi connectivity index (χ2v) is 14.5. The minimum atomic E-state index is -2.25. The van der Waals surface area contributed by atoms with Crippen molar-refractivity contribution in [2.24, 2.45) is 17.6 Å². The molecular weight excluding hydrogens is 682 g/mol. The molecule has 3 rings (SSSR count). The highest BCUT2D eigenvalue weighted by Crippen LogP contribution is 2.38. The Morgan fingerprint density at radius 3 is 2.27 bits per heavy atom. The van der Waals surface area contributed by atoms with Gasteiger partial charge in [0.15, 0.2) is 12.1 Å². The van der Waals surface area contributed by atoms with Gasteiger partial charge in [0.25, 0.3) is 0 Å². The summed E-state index contributed by atoms with van der Waals surface area (Å²) in [5.74, 6) is -5.65. The SMILES string of the molecule is CC(C)C1CCC/C=C/C=C/C=C/C=C\C(O[C@@H]2O[C@H](C)[C@@H](O)[C@H](N)[C@@H]2O)CC2OC(O)(CC(O)CC(O)C(O)CCC(=O)O1)CC(O)C2C(=O)O. The number of carbonyl (C=O) groups excluding carboxylic acids is 1. The average Bonchev–Trinajstić information content (AvgIpc) is 3.05. The predicted octanol–water partition coefficient (Wildman–Crippen LogP) is 0.714. The van der Waals surface area contributed by atoms with Gasteiger partial charge >= 0.3 is 11.9 Å². The second-order valence-electron chi connectivity index (χ2n) is 14.5. The van der Waals surface area contributed by atoms with Gasteiger partial charge in [0.2, 0.25) is 0 Å². The predicted molar refractivity (Wildman–Crippen MR) is 187 cm³/mol. The molecule has 52 heavy (non-hydrogen) atoms. The van der Waals surface area contributed by atoms with Gasteiger partial charge < -0.3 is 65.5 Å². The summed E-state index contributed by atoms with van der Waals surface area (Å²) in [6, 6.07) is -1.11. The fourth-order valence-corrected chi connectivity index (χ4v) is 6.67. The summed E-state index contributed by atoms with van der Waals surface area (Å²) >= 11 is 0. The molecule has 2 fully saturated rings. The van der Waals surface area contributed by atoms with Crippen LogP contribution in [-0.2, 0) is 28.5 Å². The molecule has 0 spiro atoms. The molecule has 0 aromatic rings. The van der Waals surface area contributed by atoms with E-state index in [1.165, 1.54) is 0 Å². The lowest BCUT2D eigenvalue weighted by atomic mass is 9.82. The van der Waals surface area contributed by atoms with Gasteiger partial charge in [0, 0.05) is 32.1 Å². The molecule has 3 heterocycles. The lowest BCUT2D eigenvalue weighted by Crippen LogP contribution is -2.61. The molecule has 14 atom stereocenters. The van der Waals surface area contributed by atoms with Crippen LogP contribution in [0.25, 0.3) is 0 Å². The lowest BCUT2D eigenvalue weighted by Gasteiger charge is -2.45. The molecule has 0 saturated carbocycles. The molecule has 15 heteroatoms. The van der Waals surface area contributed by atoms with Crippen LogP contribution in [0.4, 0.5) is 0 Å². The van der Waals surface area contributed by atoms with Gasteiger partial charge in [-0.15, -0.1) is 0 Å². The van der Waals surface area contributed by atoms with Crippen LogP contribution < -0.4 is 5.73 Å². The number of fused-ring (bicyclic) bond motifs is 2. The number of esters is 1. The van der Waals surface area contributed by atoms with Crippen molar-refractivity contribution in [3.63, 3.8) is 0 Å². The highest BCUT2D eigenvalue weighted by Gasteiger charge is 2.51. The van der Waals surface area contributed by atoms with E-state index < -0.39 is 110 Å². The van der Waals surface area contributed by atoms with Crippen LogP contribution in [-0.4, -0.2) is 132 Å². The Kier molecular flexibility index (Phi) is 17.5. The zero-order valence-electron chi connectivity index (χ0n) is 30.2. The summed E-state index contributed by atoms with van der Waals surface area (Å²) in [6.07, 6.45) is 0.558. The number of carboxylic acid groups (broad SMARTS) is 1. The molecule has 0 aromatic carbocycles. The van der Waals surface area contributed by atoms with Crippen molar-refractivity contribution in [3.05, 3.63) is 48.6 Å². The van der Waals surface area contributed by atoms with Gasteiger partial charge in [-0.25, -0.2) is 0 Å². The van der Waals surface area contributed by atoms with E-state index in [1.54, 1.807) is 37.3 Å². The average molecular weight is 742 g/mol. The minimum absolute atomic E-state index is 0.0690. The first-order valence-corrected chi connectivity index (χ1v) is 18.1. The molecular formula is C37H59NO14. The summed E-state index contributed by atoms with van der Waals surface area (Å²) in [4.78, 5) is 24.9. The van der Waals surface area contributed by atoms with E-state index in [0.717, 1.165) is 12.8 Å². The van der Waals surface area contributed by atoms with Crippen LogP contribution in [0.3, 0.4) is 0 Å². The highest BCUT2D eigenvalue weighted by molar-refractivity contribution is 5.71. The Labute approximate surface area is 305 Å². The summed E-state index contributed by atoms with van der Waals surface area (Å²) in [5.41, 5.74) is 5.99. The summed E-state index contributed by atoms with van der Waals surface area (Å²) in [5, 5.41) is 85.4. The maximum absolute atomic E-state index is 12.6. The number of hydrogen-bond donors (Lipinski definition) is 9. The molecule has 3 aliphatic heterocycles.